The highest BCUT2D eigenvalue weighted by atomic mass is 32.1. The number of aryl methyl sites for hydroxylation is 1. The summed E-state index contributed by atoms with van der Waals surface area (Å²) in [6.45, 7) is 0. The molecular formula is C19H22N4O2S. The molecule has 0 spiro atoms. The van der Waals surface area contributed by atoms with Gasteiger partial charge >= 0.3 is 0 Å². The number of aromatic nitrogens is 4. The average Bonchev–Trinajstić information content (AvgIpc) is 3.25. The number of hydrogen-bond acceptors (Lipinski definition) is 6. The van der Waals surface area contributed by atoms with Crippen LogP contribution in [-0.4, -0.2) is 43.2 Å². The minimum absolute atomic E-state index is 0.0648. The molecule has 0 aromatic carbocycles. The Morgan fingerprint density at radius 2 is 1.92 bits per heavy atom. The average molecular weight is 370 g/mol. The second-order valence-electron chi connectivity index (χ2n) is 6.04. The van der Waals surface area contributed by atoms with Crippen LogP contribution in [0, 0.1) is 0 Å². The van der Waals surface area contributed by atoms with Crippen molar-refractivity contribution in [3.63, 3.8) is 0 Å². The number of hydrogen-bond donors (Lipinski definition) is 2. The predicted molar refractivity (Wildman–Crippen MR) is 105 cm³/mol. The van der Waals surface area contributed by atoms with E-state index in [-0.39, 0.29) is 6.10 Å². The number of rotatable bonds is 1. The van der Waals surface area contributed by atoms with Crippen molar-refractivity contribution >= 4 is 32.6 Å². The van der Waals surface area contributed by atoms with Crippen LogP contribution in [-0.2, 0) is 7.05 Å². The van der Waals surface area contributed by atoms with Crippen LogP contribution in [0.25, 0.3) is 32.5 Å². The van der Waals surface area contributed by atoms with E-state index in [9.17, 15) is 0 Å². The molecule has 0 unspecified atom stereocenters. The number of nitrogens with zero attached hydrogens (tertiary/aromatic N) is 4. The second-order valence-corrected chi connectivity index (χ2v) is 6.93. The van der Waals surface area contributed by atoms with E-state index in [1.165, 1.54) is 11.8 Å². The largest absolute Gasteiger partial charge is 0.400 e. The molecule has 0 aliphatic heterocycles. The van der Waals surface area contributed by atoms with E-state index in [1.54, 1.807) is 16.0 Å². The van der Waals surface area contributed by atoms with Crippen LogP contribution >= 0.6 is 11.3 Å². The Balaban J connectivity index is 0.000000240. The molecule has 0 amide bonds. The molecular weight excluding hydrogens is 348 g/mol. The van der Waals surface area contributed by atoms with Crippen molar-refractivity contribution in [2.75, 3.05) is 7.11 Å². The van der Waals surface area contributed by atoms with E-state index in [2.05, 4.69) is 38.6 Å². The highest BCUT2D eigenvalue weighted by molar-refractivity contribution is 7.16. The maximum absolute atomic E-state index is 8.45. The molecule has 1 aliphatic rings. The molecule has 5 rings (SSSR count). The van der Waals surface area contributed by atoms with Crippen molar-refractivity contribution in [2.45, 2.75) is 25.4 Å². The van der Waals surface area contributed by atoms with Crippen LogP contribution in [0.4, 0.5) is 0 Å². The van der Waals surface area contributed by atoms with Crippen molar-refractivity contribution in [3.05, 3.63) is 42.0 Å². The Kier molecular flexibility index (Phi) is 5.92. The zero-order valence-corrected chi connectivity index (χ0v) is 15.6. The quantitative estimate of drug-likeness (QED) is 0.537. The molecule has 4 aromatic rings. The Bertz CT molecular complexity index is 991. The smallest absolute Gasteiger partial charge is 0.181 e. The first-order chi connectivity index (χ1) is 12.7. The molecule has 6 nitrogen and oxygen atoms in total. The van der Waals surface area contributed by atoms with Gasteiger partial charge in [0.1, 0.15) is 4.83 Å². The third-order valence-electron chi connectivity index (χ3n) is 4.16. The van der Waals surface area contributed by atoms with Crippen molar-refractivity contribution < 1.29 is 10.2 Å². The lowest BCUT2D eigenvalue weighted by molar-refractivity contribution is 0.0950. The first kappa shape index (κ1) is 18.4. The molecule has 0 saturated heterocycles. The van der Waals surface area contributed by atoms with Gasteiger partial charge in [-0.25, -0.2) is 9.97 Å². The number of fused-ring (bicyclic) bond motifs is 2. The van der Waals surface area contributed by atoms with Gasteiger partial charge < -0.3 is 10.2 Å². The molecule has 0 atom stereocenters. The van der Waals surface area contributed by atoms with Gasteiger partial charge in [0.15, 0.2) is 5.65 Å². The lowest BCUT2D eigenvalue weighted by Gasteiger charge is -2.17. The zero-order valence-electron chi connectivity index (χ0n) is 14.8. The summed E-state index contributed by atoms with van der Waals surface area (Å²) in [6, 6.07) is 8.30. The zero-order chi connectivity index (χ0) is 18.5. The maximum Gasteiger partial charge on any atom is 0.181 e. The van der Waals surface area contributed by atoms with Gasteiger partial charge in [0, 0.05) is 42.9 Å². The SMILES string of the molecule is CO.Cn1cc2cc(-c3ccc4ccsc4n3)cnc2n1.OC1CCC1. The summed E-state index contributed by atoms with van der Waals surface area (Å²) < 4.78 is 1.78. The number of aliphatic hydroxyl groups is 2. The van der Waals surface area contributed by atoms with Crippen molar-refractivity contribution in [2.24, 2.45) is 7.05 Å². The van der Waals surface area contributed by atoms with Gasteiger partial charge in [0.25, 0.3) is 0 Å². The summed E-state index contributed by atoms with van der Waals surface area (Å²) in [5, 5.41) is 24.0. The Hall–Kier alpha value is -2.35. The number of pyridine rings is 2. The summed E-state index contributed by atoms with van der Waals surface area (Å²) in [5.41, 5.74) is 2.74. The highest BCUT2D eigenvalue weighted by Crippen LogP contribution is 2.25. The monoisotopic (exact) mass is 370 g/mol. The summed E-state index contributed by atoms with van der Waals surface area (Å²) in [6.07, 6.45) is 7.18. The van der Waals surface area contributed by atoms with E-state index >= 15 is 0 Å². The molecule has 1 aliphatic carbocycles. The standard InChI is InChI=1S/C14H10N4S.C4H8O.CH4O/c1-18-8-11-6-10(7-15-13(11)17-18)12-3-2-9-4-5-19-14(9)16-12;5-4-2-1-3-4;1-2/h2-8H,1H3;4-5H,1-3H2;2H,1H3. The van der Waals surface area contributed by atoms with Gasteiger partial charge in [0.05, 0.1) is 11.8 Å². The molecule has 0 radical (unpaired) electrons. The lowest BCUT2D eigenvalue weighted by atomic mass is 9.97. The van der Waals surface area contributed by atoms with Gasteiger partial charge in [-0.05, 0) is 48.9 Å². The third kappa shape index (κ3) is 4.07. The first-order valence-corrected chi connectivity index (χ1v) is 9.34. The normalized spacial score (nSPS) is 13.5. The van der Waals surface area contributed by atoms with Crippen LogP contribution in [0.3, 0.4) is 0 Å². The molecule has 1 saturated carbocycles. The van der Waals surface area contributed by atoms with Crippen molar-refractivity contribution in [3.8, 4) is 11.3 Å². The summed E-state index contributed by atoms with van der Waals surface area (Å²) in [7, 11) is 2.90. The van der Waals surface area contributed by atoms with Crippen molar-refractivity contribution in [1.82, 2.24) is 19.7 Å². The first-order valence-electron chi connectivity index (χ1n) is 8.46. The Labute approximate surface area is 155 Å². The third-order valence-corrected chi connectivity index (χ3v) is 4.98. The fourth-order valence-corrected chi connectivity index (χ4v) is 3.33. The molecule has 4 aromatic heterocycles. The lowest BCUT2D eigenvalue weighted by Crippen LogP contribution is -2.15. The molecule has 7 heteroatoms. The van der Waals surface area contributed by atoms with E-state index in [0.717, 1.165) is 47.1 Å². The molecule has 26 heavy (non-hydrogen) atoms. The summed E-state index contributed by atoms with van der Waals surface area (Å²) >= 11 is 1.66. The van der Waals surface area contributed by atoms with E-state index < -0.39 is 0 Å². The highest BCUT2D eigenvalue weighted by Gasteiger charge is 2.11. The minimum atomic E-state index is 0.0648. The number of aliphatic hydroxyl groups excluding tert-OH is 2. The van der Waals surface area contributed by atoms with Gasteiger partial charge in [-0.3, -0.25) is 4.68 Å². The van der Waals surface area contributed by atoms with Gasteiger partial charge in [-0.1, -0.05) is 0 Å². The molecule has 2 N–H and O–H groups in total. The topological polar surface area (TPSA) is 84.1 Å². The summed E-state index contributed by atoms with van der Waals surface area (Å²) in [4.78, 5) is 10.1. The molecule has 4 heterocycles. The van der Waals surface area contributed by atoms with Crippen LogP contribution < -0.4 is 0 Å². The van der Waals surface area contributed by atoms with Crippen LogP contribution in [0.1, 0.15) is 19.3 Å². The van der Waals surface area contributed by atoms with E-state index in [4.69, 9.17) is 10.2 Å². The maximum atomic E-state index is 8.45. The van der Waals surface area contributed by atoms with Gasteiger partial charge in [-0.2, -0.15) is 5.10 Å². The number of thiophene rings is 1. The fraction of sp³-hybridized carbons (Fsp3) is 0.316. The summed E-state index contributed by atoms with van der Waals surface area (Å²) in [5.74, 6) is 0. The van der Waals surface area contributed by atoms with Gasteiger partial charge in [-0.15, -0.1) is 11.3 Å². The van der Waals surface area contributed by atoms with E-state index in [1.807, 2.05) is 25.5 Å². The van der Waals surface area contributed by atoms with Crippen LogP contribution in [0.5, 0.6) is 0 Å². The van der Waals surface area contributed by atoms with Crippen molar-refractivity contribution in [1.29, 1.82) is 0 Å². The van der Waals surface area contributed by atoms with Crippen LogP contribution in [0.15, 0.2) is 42.0 Å². The molecule has 1 fully saturated rings. The molecule has 0 bridgehead atoms. The second kappa shape index (κ2) is 8.35. The minimum Gasteiger partial charge on any atom is -0.400 e. The van der Waals surface area contributed by atoms with E-state index in [0.29, 0.717) is 0 Å². The Morgan fingerprint density at radius 3 is 2.62 bits per heavy atom. The van der Waals surface area contributed by atoms with Crippen LogP contribution in [0.2, 0.25) is 0 Å². The van der Waals surface area contributed by atoms with Gasteiger partial charge in [0.2, 0.25) is 0 Å². The predicted octanol–water partition coefficient (Wildman–Crippen LogP) is 3.38. The fourth-order valence-electron chi connectivity index (χ4n) is 2.56. The molecule has 136 valence electrons. The Morgan fingerprint density at radius 1 is 1.15 bits per heavy atom.